The second-order valence-electron chi connectivity index (χ2n) is 1.63. The van der Waals surface area contributed by atoms with Crippen LogP contribution in [0.3, 0.4) is 0 Å². The molecule has 0 aromatic carbocycles. The highest BCUT2D eigenvalue weighted by Gasteiger charge is 1.99. The predicted molar refractivity (Wildman–Crippen MR) is 37.3 cm³/mol. The van der Waals surface area contributed by atoms with Crippen molar-refractivity contribution in [3.05, 3.63) is 18.3 Å². The van der Waals surface area contributed by atoms with Crippen molar-refractivity contribution in [1.82, 2.24) is 4.98 Å². The van der Waals surface area contributed by atoms with Gasteiger partial charge in [0.15, 0.2) is 5.75 Å². The van der Waals surface area contributed by atoms with Gasteiger partial charge in [-0.2, -0.15) is 0 Å². The Morgan fingerprint density at radius 2 is 2.30 bits per heavy atom. The van der Waals surface area contributed by atoms with E-state index >= 15 is 0 Å². The molecule has 1 aromatic heterocycles. The molecule has 54 valence electrons. The first-order chi connectivity index (χ1) is 5.29. The Labute approximate surface area is 61.0 Å². The Morgan fingerprint density at radius 1 is 1.50 bits per heavy atom. The first-order valence-corrected chi connectivity index (χ1v) is 2.83. The molecule has 0 aliphatic rings. The third kappa shape index (κ3) is 1.18. The molecule has 0 saturated carbocycles. The lowest BCUT2D eigenvalue weighted by molar-refractivity contribution is 0.343. The van der Waals surface area contributed by atoms with Gasteiger partial charge in [0.25, 0.3) is 5.88 Å². The van der Waals surface area contributed by atoms with E-state index in [4.69, 9.17) is 10.8 Å². The molecule has 0 unspecified atom stereocenters. The van der Waals surface area contributed by atoms with E-state index in [0.717, 1.165) is 0 Å². The second-order valence-corrected chi connectivity index (χ2v) is 1.63. The maximum absolute atomic E-state index is 7.37. The molecule has 0 spiro atoms. The normalized spacial score (nSPS) is 10.4. The largest absolute Gasteiger partial charge is 0.491 e. The fourth-order valence-electron chi connectivity index (χ4n) is 0.630. The number of ether oxygens (including phenoxy) is 2. The number of hydrogen-bond acceptors (Lipinski definition) is 3. The molecule has 0 atom stereocenters. The fraction of sp³-hybridized carbons (Fsp3) is 0.286. The van der Waals surface area contributed by atoms with E-state index in [1.54, 1.807) is 6.07 Å². The lowest BCUT2D eigenvalue weighted by atomic mass is 10.4. The summed E-state index contributed by atoms with van der Waals surface area (Å²) in [6.45, 7) is 0. The average molecular weight is 140 g/mol. The van der Waals surface area contributed by atoms with Gasteiger partial charge in [-0.25, -0.2) is 4.98 Å². The zero-order chi connectivity index (χ0) is 8.27. The van der Waals surface area contributed by atoms with Gasteiger partial charge in [0.1, 0.15) is 0 Å². The van der Waals surface area contributed by atoms with Crippen LogP contribution >= 0.6 is 0 Å². The molecule has 0 bridgehead atoms. The lowest BCUT2D eigenvalue weighted by Crippen LogP contribution is -1.91. The second kappa shape index (κ2) is 3.06. The van der Waals surface area contributed by atoms with Crippen molar-refractivity contribution in [2.24, 2.45) is 0 Å². The molecule has 0 N–H and O–H groups in total. The van der Waals surface area contributed by atoms with Crippen LogP contribution in [-0.4, -0.2) is 19.2 Å². The van der Waals surface area contributed by atoms with E-state index in [9.17, 15) is 0 Å². The Kier molecular flexibility index (Phi) is 1.69. The molecule has 10 heavy (non-hydrogen) atoms. The van der Waals surface area contributed by atoms with Gasteiger partial charge in [0.05, 0.1) is 15.6 Å². The van der Waals surface area contributed by atoms with Crippen LogP contribution in [0, 0.1) is 0 Å². The molecule has 3 heteroatoms. The van der Waals surface area contributed by atoms with E-state index in [1.807, 2.05) is 0 Å². The molecule has 0 aliphatic heterocycles. The molecule has 3 nitrogen and oxygen atoms in total. The average Bonchev–Trinajstić information content (AvgIpc) is 2.04. The number of hydrogen-bond donors (Lipinski definition) is 0. The smallest absolute Gasteiger partial charge is 0.256 e. The van der Waals surface area contributed by atoms with Gasteiger partial charge >= 0.3 is 0 Å². The van der Waals surface area contributed by atoms with E-state index in [2.05, 4.69) is 4.98 Å². The predicted octanol–water partition coefficient (Wildman–Crippen LogP) is 1.10. The van der Waals surface area contributed by atoms with Crippen LogP contribution in [0.5, 0.6) is 11.6 Å². The highest BCUT2D eigenvalue weighted by Crippen LogP contribution is 2.21. The van der Waals surface area contributed by atoms with Crippen molar-refractivity contribution in [1.29, 1.82) is 0 Å². The summed E-state index contributed by atoms with van der Waals surface area (Å²) in [5.74, 6) is 0.718. The highest BCUT2D eigenvalue weighted by molar-refractivity contribution is 5.31. The minimum atomic E-state index is 0.277. The Morgan fingerprint density at radius 3 is 2.80 bits per heavy atom. The highest BCUT2D eigenvalue weighted by atomic mass is 16.5. The Hall–Kier alpha value is -1.25. The summed E-state index contributed by atoms with van der Waals surface area (Å²) in [5, 5.41) is 0. The Balaban J connectivity index is 3.13. The molecule has 0 aliphatic carbocycles. The Bertz CT molecular complexity index is 252. The number of pyridine rings is 1. The minimum Gasteiger partial charge on any atom is -0.491 e. The summed E-state index contributed by atoms with van der Waals surface area (Å²) in [6.07, 6.45) is 1.50. The van der Waals surface area contributed by atoms with Crippen molar-refractivity contribution >= 4 is 0 Å². The third-order valence-electron chi connectivity index (χ3n) is 1.07. The number of methoxy groups -OCH3 is 2. The van der Waals surface area contributed by atoms with Crippen LogP contribution in [0.2, 0.25) is 0 Å². The molecular weight excluding hydrogens is 130 g/mol. The first-order valence-electron chi connectivity index (χ1n) is 3.33. The number of rotatable bonds is 2. The molecule has 0 amide bonds. The molecule has 1 heterocycles. The van der Waals surface area contributed by atoms with Crippen LogP contribution in [0.25, 0.3) is 0 Å². The van der Waals surface area contributed by atoms with Gasteiger partial charge in [-0.3, -0.25) is 0 Å². The van der Waals surface area contributed by atoms with Crippen molar-refractivity contribution in [2.75, 3.05) is 14.2 Å². The summed E-state index contributed by atoms with van der Waals surface area (Å²) in [7, 11) is 2.97. The van der Waals surface area contributed by atoms with Gasteiger partial charge in [0.2, 0.25) is 0 Å². The zero-order valence-corrected chi connectivity index (χ0v) is 5.92. The third-order valence-corrected chi connectivity index (χ3v) is 1.07. The first kappa shape index (κ1) is 5.53. The van der Waals surface area contributed by atoms with Crippen molar-refractivity contribution < 1.29 is 10.8 Å². The van der Waals surface area contributed by atoms with Crippen LogP contribution < -0.4 is 9.47 Å². The summed E-state index contributed by atoms with van der Waals surface area (Å²) in [5.41, 5.74) is 0. The van der Waals surface area contributed by atoms with E-state index in [0.29, 0.717) is 11.6 Å². The number of aromatic nitrogens is 1. The van der Waals surface area contributed by atoms with E-state index in [-0.39, 0.29) is 6.04 Å². The topological polar surface area (TPSA) is 31.4 Å². The molecule has 0 fully saturated rings. The van der Waals surface area contributed by atoms with Crippen LogP contribution in [0.15, 0.2) is 18.3 Å². The van der Waals surface area contributed by atoms with E-state index in [1.165, 1.54) is 20.4 Å². The van der Waals surface area contributed by atoms with Crippen LogP contribution in [-0.2, 0) is 0 Å². The van der Waals surface area contributed by atoms with Crippen molar-refractivity contribution in [2.45, 2.75) is 0 Å². The van der Waals surface area contributed by atoms with Gasteiger partial charge in [-0.15, -0.1) is 0 Å². The minimum absolute atomic E-state index is 0.277. The summed E-state index contributed by atoms with van der Waals surface area (Å²) >= 11 is 0. The molecule has 0 radical (unpaired) electrons. The summed E-state index contributed by atoms with van der Waals surface area (Å²) in [6, 6.07) is 1.82. The maximum atomic E-state index is 7.37. The maximum Gasteiger partial charge on any atom is 0.256 e. The SMILES string of the molecule is [2H]c1ccnc(OC)c1OC. The summed E-state index contributed by atoms with van der Waals surface area (Å²) < 4.78 is 17.1. The lowest BCUT2D eigenvalue weighted by Gasteiger charge is -2.03. The van der Waals surface area contributed by atoms with Crippen LogP contribution in [0.1, 0.15) is 1.37 Å². The quantitative estimate of drug-likeness (QED) is 0.616. The monoisotopic (exact) mass is 140 g/mol. The van der Waals surface area contributed by atoms with Crippen LogP contribution in [0.4, 0.5) is 0 Å². The van der Waals surface area contributed by atoms with Gasteiger partial charge in [-0.05, 0) is 12.1 Å². The molecular formula is C7H9NO2. The van der Waals surface area contributed by atoms with Crippen molar-refractivity contribution in [3.63, 3.8) is 0 Å². The van der Waals surface area contributed by atoms with Gasteiger partial charge < -0.3 is 9.47 Å². The zero-order valence-electron chi connectivity index (χ0n) is 6.92. The fourth-order valence-corrected chi connectivity index (χ4v) is 0.630. The van der Waals surface area contributed by atoms with Gasteiger partial charge in [-0.1, -0.05) is 0 Å². The van der Waals surface area contributed by atoms with E-state index < -0.39 is 0 Å². The molecule has 0 saturated heterocycles. The standard InChI is InChI=1S/C7H9NO2/c1-9-6-4-3-5-8-7(6)10-2/h3-5H,1-2H3/i4D. The molecule has 1 aromatic rings. The van der Waals surface area contributed by atoms with Gasteiger partial charge in [0, 0.05) is 6.20 Å². The van der Waals surface area contributed by atoms with Crippen molar-refractivity contribution in [3.8, 4) is 11.6 Å². The number of nitrogens with zero attached hydrogens (tertiary/aromatic N) is 1. The summed E-state index contributed by atoms with van der Waals surface area (Å²) in [4.78, 5) is 3.86. The molecule has 1 rings (SSSR count).